The Morgan fingerprint density at radius 1 is 1.19 bits per heavy atom. The summed E-state index contributed by atoms with van der Waals surface area (Å²) < 4.78 is 9.44. The fraction of sp³-hybridized carbons (Fsp3) is 0.200. The van der Waals surface area contributed by atoms with Gasteiger partial charge in [-0.1, -0.05) is 11.6 Å². The lowest BCUT2D eigenvalue weighted by Crippen LogP contribution is -2.12. The molecule has 0 aliphatic carbocycles. The molecule has 86 valence electrons. The number of ether oxygens (including phenoxy) is 2. The van der Waals surface area contributed by atoms with Crippen LogP contribution in [0.2, 0.25) is 5.02 Å². The van der Waals surface area contributed by atoms with E-state index in [0.29, 0.717) is 9.50 Å². The van der Waals surface area contributed by atoms with Gasteiger partial charge in [-0.2, -0.15) is 0 Å². The van der Waals surface area contributed by atoms with Crippen LogP contribution in [0.3, 0.4) is 0 Å². The number of halogens is 2. The van der Waals surface area contributed by atoms with Gasteiger partial charge < -0.3 is 9.47 Å². The van der Waals surface area contributed by atoms with E-state index in [1.54, 1.807) is 0 Å². The first-order valence-electron chi connectivity index (χ1n) is 4.17. The number of benzene rings is 1. The molecule has 6 heteroatoms. The van der Waals surface area contributed by atoms with Crippen LogP contribution in [-0.2, 0) is 9.47 Å². The third kappa shape index (κ3) is 2.36. The van der Waals surface area contributed by atoms with E-state index >= 15 is 0 Å². The van der Waals surface area contributed by atoms with Gasteiger partial charge in [-0.3, -0.25) is 0 Å². The number of carbonyl (C=O) groups excluding carboxylic acids is 2. The third-order valence-electron chi connectivity index (χ3n) is 1.89. The molecule has 0 radical (unpaired) electrons. The SMILES string of the molecule is COC(=O)c1ccc(Cl)c(Br)c1C(=O)OC. The molecule has 0 atom stereocenters. The standard InChI is InChI=1S/C10H8BrClO4/c1-15-9(13)5-3-4-6(12)8(11)7(5)10(14)16-2/h3-4H,1-2H3. The van der Waals surface area contributed by atoms with E-state index in [1.807, 2.05) is 0 Å². The highest BCUT2D eigenvalue weighted by atomic mass is 79.9. The highest BCUT2D eigenvalue weighted by Gasteiger charge is 2.22. The van der Waals surface area contributed by atoms with Gasteiger partial charge in [0.15, 0.2) is 0 Å². The van der Waals surface area contributed by atoms with Crippen molar-refractivity contribution in [3.8, 4) is 0 Å². The van der Waals surface area contributed by atoms with Gasteiger partial charge >= 0.3 is 11.9 Å². The first kappa shape index (κ1) is 13.0. The minimum atomic E-state index is -0.658. The van der Waals surface area contributed by atoms with Crippen LogP contribution in [-0.4, -0.2) is 26.2 Å². The predicted octanol–water partition coefficient (Wildman–Crippen LogP) is 2.68. The number of hydrogen-bond donors (Lipinski definition) is 0. The summed E-state index contributed by atoms with van der Waals surface area (Å²) in [5.74, 6) is -1.28. The minimum absolute atomic E-state index is 0.0573. The Morgan fingerprint density at radius 3 is 2.25 bits per heavy atom. The molecule has 1 rings (SSSR count). The van der Waals surface area contributed by atoms with Crippen LogP contribution in [0.15, 0.2) is 16.6 Å². The zero-order valence-electron chi connectivity index (χ0n) is 8.54. The van der Waals surface area contributed by atoms with Gasteiger partial charge in [-0.05, 0) is 28.1 Å². The largest absolute Gasteiger partial charge is 0.465 e. The fourth-order valence-corrected chi connectivity index (χ4v) is 1.80. The van der Waals surface area contributed by atoms with Crippen LogP contribution >= 0.6 is 27.5 Å². The van der Waals surface area contributed by atoms with E-state index in [-0.39, 0.29) is 11.1 Å². The number of methoxy groups -OCH3 is 2. The van der Waals surface area contributed by atoms with E-state index in [0.717, 1.165) is 0 Å². The van der Waals surface area contributed by atoms with Crippen LogP contribution in [0.5, 0.6) is 0 Å². The summed E-state index contributed by atoms with van der Waals surface area (Å²) in [4.78, 5) is 22.9. The second-order valence-corrected chi connectivity index (χ2v) is 3.97. The Morgan fingerprint density at radius 2 is 1.75 bits per heavy atom. The Bertz CT molecular complexity index is 445. The fourth-order valence-electron chi connectivity index (χ4n) is 1.13. The van der Waals surface area contributed by atoms with Gasteiger partial charge in [0.05, 0.1) is 34.8 Å². The van der Waals surface area contributed by atoms with Crippen molar-refractivity contribution in [1.29, 1.82) is 0 Å². The summed E-state index contributed by atoms with van der Waals surface area (Å²) in [6.45, 7) is 0. The summed E-state index contributed by atoms with van der Waals surface area (Å²) in [5, 5.41) is 0.313. The Hall–Kier alpha value is -1.07. The van der Waals surface area contributed by atoms with Crippen molar-refractivity contribution in [3.05, 3.63) is 32.8 Å². The van der Waals surface area contributed by atoms with Gasteiger partial charge in [0.1, 0.15) is 0 Å². The van der Waals surface area contributed by atoms with E-state index in [2.05, 4.69) is 25.4 Å². The molecule has 0 aliphatic heterocycles. The maximum atomic E-state index is 11.5. The van der Waals surface area contributed by atoms with Crippen LogP contribution in [0.25, 0.3) is 0 Å². The molecular formula is C10H8BrClO4. The maximum absolute atomic E-state index is 11.5. The van der Waals surface area contributed by atoms with Crippen molar-refractivity contribution >= 4 is 39.5 Å². The maximum Gasteiger partial charge on any atom is 0.339 e. The minimum Gasteiger partial charge on any atom is -0.465 e. The molecule has 4 nitrogen and oxygen atoms in total. The van der Waals surface area contributed by atoms with Crippen LogP contribution in [0.1, 0.15) is 20.7 Å². The van der Waals surface area contributed by atoms with Crippen molar-refractivity contribution in [2.75, 3.05) is 14.2 Å². The van der Waals surface area contributed by atoms with Crippen molar-refractivity contribution in [3.63, 3.8) is 0 Å². The predicted molar refractivity (Wildman–Crippen MR) is 61.8 cm³/mol. The molecule has 0 saturated carbocycles. The zero-order chi connectivity index (χ0) is 12.3. The van der Waals surface area contributed by atoms with Crippen LogP contribution in [0.4, 0.5) is 0 Å². The molecule has 0 aromatic heterocycles. The summed E-state index contributed by atoms with van der Waals surface area (Å²) in [6.07, 6.45) is 0. The zero-order valence-corrected chi connectivity index (χ0v) is 10.9. The number of carbonyl (C=O) groups is 2. The summed E-state index contributed by atoms with van der Waals surface area (Å²) in [6, 6.07) is 2.90. The lowest BCUT2D eigenvalue weighted by atomic mass is 10.1. The second kappa shape index (κ2) is 5.32. The van der Waals surface area contributed by atoms with Gasteiger partial charge in [-0.25, -0.2) is 9.59 Å². The molecule has 0 aliphatic rings. The molecule has 0 N–H and O–H groups in total. The molecule has 0 spiro atoms. The van der Waals surface area contributed by atoms with Crippen molar-refractivity contribution in [1.82, 2.24) is 0 Å². The lowest BCUT2D eigenvalue weighted by Gasteiger charge is -2.09. The summed E-state index contributed by atoms with van der Waals surface area (Å²) in [5.41, 5.74) is 0.160. The molecular weight excluding hydrogens is 299 g/mol. The highest BCUT2D eigenvalue weighted by molar-refractivity contribution is 9.10. The van der Waals surface area contributed by atoms with Crippen LogP contribution < -0.4 is 0 Å². The van der Waals surface area contributed by atoms with Crippen molar-refractivity contribution in [2.24, 2.45) is 0 Å². The number of hydrogen-bond acceptors (Lipinski definition) is 4. The van der Waals surface area contributed by atoms with Gasteiger partial charge in [-0.15, -0.1) is 0 Å². The number of esters is 2. The van der Waals surface area contributed by atoms with Gasteiger partial charge in [0.25, 0.3) is 0 Å². The molecule has 0 unspecified atom stereocenters. The lowest BCUT2D eigenvalue weighted by molar-refractivity contribution is 0.0554. The first-order chi connectivity index (χ1) is 7.52. The van der Waals surface area contributed by atoms with Gasteiger partial charge in [0.2, 0.25) is 0 Å². The summed E-state index contributed by atoms with van der Waals surface area (Å²) in [7, 11) is 2.45. The van der Waals surface area contributed by atoms with Crippen LogP contribution in [0, 0.1) is 0 Å². The third-order valence-corrected chi connectivity index (χ3v) is 3.26. The highest BCUT2D eigenvalue weighted by Crippen LogP contribution is 2.30. The molecule has 0 fully saturated rings. The quantitative estimate of drug-likeness (QED) is 0.788. The Balaban J connectivity index is 3.44. The van der Waals surface area contributed by atoms with E-state index in [9.17, 15) is 9.59 Å². The average Bonchev–Trinajstić information content (AvgIpc) is 2.30. The molecule has 0 amide bonds. The molecule has 1 aromatic carbocycles. The first-order valence-corrected chi connectivity index (χ1v) is 5.34. The van der Waals surface area contributed by atoms with E-state index in [4.69, 9.17) is 11.6 Å². The molecule has 16 heavy (non-hydrogen) atoms. The molecule has 0 heterocycles. The van der Waals surface area contributed by atoms with Crippen molar-refractivity contribution < 1.29 is 19.1 Å². The number of rotatable bonds is 2. The Labute approximate surface area is 106 Å². The second-order valence-electron chi connectivity index (χ2n) is 2.77. The van der Waals surface area contributed by atoms with E-state index < -0.39 is 11.9 Å². The molecule has 0 bridgehead atoms. The monoisotopic (exact) mass is 306 g/mol. The summed E-state index contributed by atoms with van der Waals surface area (Å²) >= 11 is 8.96. The molecule has 0 saturated heterocycles. The topological polar surface area (TPSA) is 52.6 Å². The van der Waals surface area contributed by atoms with Crippen molar-refractivity contribution in [2.45, 2.75) is 0 Å². The average molecular weight is 308 g/mol. The van der Waals surface area contributed by atoms with E-state index in [1.165, 1.54) is 26.4 Å². The van der Waals surface area contributed by atoms with Gasteiger partial charge in [0, 0.05) is 0 Å². The molecule has 1 aromatic rings. The normalized spacial score (nSPS) is 9.75. The smallest absolute Gasteiger partial charge is 0.339 e. The Kier molecular flexibility index (Phi) is 4.32.